The highest BCUT2D eigenvalue weighted by molar-refractivity contribution is 5.81. The Kier molecular flexibility index (Phi) is 5.98. The van der Waals surface area contributed by atoms with Crippen LogP contribution >= 0.6 is 0 Å². The Morgan fingerprint density at radius 1 is 1.12 bits per heavy atom. The lowest BCUT2D eigenvalue weighted by Crippen LogP contribution is -2.57. The summed E-state index contributed by atoms with van der Waals surface area (Å²) in [6.45, 7) is 2.61. The zero-order valence-corrected chi connectivity index (χ0v) is 18.8. The van der Waals surface area contributed by atoms with Gasteiger partial charge in [-0.05, 0) is 55.7 Å². The van der Waals surface area contributed by atoms with Gasteiger partial charge in [-0.3, -0.25) is 4.79 Å². The molecule has 6 nitrogen and oxygen atoms in total. The number of ether oxygens (including phenoxy) is 2. The fourth-order valence-corrected chi connectivity index (χ4v) is 5.87. The first-order valence-corrected chi connectivity index (χ1v) is 11.8. The summed E-state index contributed by atoms with van der Waals surface area (Å²) in [6.07, 6.45) is -0.526. The Morgan fingerprint density at radius 2 is 1.85 bits per heavy atom. The second-order valence-corrected chi connectivity index (χ2v) is 10.1. The number of carbonyl (C=O) groups is 2. The minimum Gasteiger partial charge on any atom is -0.487 e. The molecule has 1 aliphatic carbocycles. The van der Waals surface area contributed by atoms with Crippen molar-refractivity contribution in [3.05, 3.63) is 29.6 Å². The van der Waals surface area contributed by atoms with Crippen molar-refractivity contribution < 1.29 is 36.6 Å². The molecule has 10 heteroatoms. The number of carbonyl (C=O) groups excluding carboxylic acids is 2. The Balaban J connectivity index is 1.10. The van der Waals surface area contributed by atoms with E-state index in [1.54, 1.807) is 0 Å². The number of ketones is 1. The van der Waals surface area contributed by atoms with Gasteiger partial charge in [0, 0.05) is 38.5 Å². The van der Waals surface area contributed by atoms with Gasteiger partial charge in [-0.1, -0.05) is 0 Å². The van der Waals surface area contributed by atoms with Crippen LogP contribution in [0.15, 0.2) is 18.2 Å². The molecule has 3 saturated heterocycles. The van der Waals surface area contributed by atoms with Crippen LogP contribution in [0.1, 0.15) is 44.1 Å². The van der Waals surface area contributed by atoms with Gasteiger partial charge in [0.15, 0.2) is 17.3 Å². The highest BCUT2D eigenvalue weighted by atomic mass is 19.4. The van der Waals surface area contributed by atoms with Crippen molar-refractivity contribution in [3.8, 4) is 5.75 Å². The van der Waals surface area contributed by atoms with E-state index >= 15 is 0 Å². The van der Waals surface area contributed by atoms with Crippen molar-refractivity contribution in [2.24, 2.45) is 11.3 Å². The van der Waals surface area contributed by atoms with Crippen LogP contribution < -0.4 is 4.74 Å². The van der Waals surface area contributed by atoms with Crippen LogP contribution in [0.3, 0.4) is 0 Å². The molecule has 5 rings (SSSR count). The highest BCUT2D eigenvalue weighted by Gasteiger charge is 2.48. The maximum absolute atomic E-state index is 14.1. The lowest BCUT2D eigenvalue weighted by molar-refractivity contribution is -0.140. The summed E-state index contributed by atoms with van der Waals surface area (Å²) >= 11 is 0. The molecule has 34 heavy (non-hydrogen) atoms. The van der Waals surface area contributed by atoms with Crippen molar-refractivity contribution in [2.75, 3.05) is 32.8 Å². The molecule has 0 bridgehead atoms. The number of amides is 2. The van der Waals surface area contributed by atoms with E-state index in [1.807, 2.05) is 9.80 Å². The SMILES string of the molecule is O=C1CO[C@H]2CCN(C(=O)N3CCC4(CC3)CC(Oc3ccc(C(F)(F)F)cc3F)C4)C[C@@H]2C1. The van der Waals surface area contributed by atoms with Crippen LogP contribution in [0.4, 0.5) is 22.4 Å². The van der Waals surface area contributed by atoms with Crippen molar-refractivity contribution in [3.63, 3.8) is 0 Å². The van der Waals surface area contributed by atoms with Gasteiger partial charge in [0.25, 0.3) is 0 Å². The van der Waals surface area contributed by atoms with Gasteiger partial charge in [-0.25, -0.2) is 9.18 Å². The number of nitrogens with zero attached hydrogens (tertiary/aromatic N) is 2. The lowest BCUT2D eigenvalue weighted by atomic mass is 9.61. The number of piperidine rings is 2. The first-order valence-electron chi connectivity index (χ1n) is 11.8. The first kappa shape index (κ1) is 23.4. The third-order valence-corrected chi connectivity index (χ3v) is 7.85. The Morgan fingerprint density at radius 3 is 2.53 bits per heavy atom. The fourth-order valence-electron chi connectivity index (χ4n) is 5.87. The number of urea groups is 1. The second kappa shape index (κ2) is 8.70. The van der Waals surface area contributed by atoms with E-state index in [0.717, 1.165) is 31.4 Å². The summed E-state index contributed by atoms with van der Waals surface area (Å²) in [7, 11) is 0. The number of fused-ring (bicyclic) bond motifs is 1. The van der Waals surface area contributed by atoms with Gasteiger partial charge in [0.2, 0.25) is 0 Å². The van der Waals surface area contributed by atoms with Gasteiger partial charge in [0.1, 0.15) is 6.61 Å². The van der Waals surface area contributed by atoms with Crippen LogP contribution in [0.25, 0.3) is 0 Å². The quantitative estimate of drug-likeness (QED) is 0.589. The predicted octanol–water partition coefficient (Wildman–Crippen LogP) is 4.27. The fraction of sp³-hybridized carbons (Fsp3) is 0.667. The van der Waals surface area contributed by atoms with Crippen LogP contribution in [-0.2, 0) is 15.7 Å². The molecule has 3 aliphatic heterocycles. The van der Waals surface area contributed by atoms with Gasteiger partial charge < -0.3 is 19.3 Å². The molecule has 186 valence electrons. The number of likely N-dealkylation sites (tertiary alicyclic amines) is 2. The molecule has 1 aromatic carbocycles. The van der Waals surface area contributed by atoms with E-state index in [1.165, 1.54) is 0 Å². The van der Waals surface area contributed by atoms with E-state index in [4.69, 9.17) is 9.47 Å². The normalized spacial score (nSPS) is 27.4. The molecule has 1 spiro atoms. The van der Waals surface area contributed by atoms with Crippen molar-refractivity contribution >= 4 is 11.8 Å². The third kappa shape index (κ3) is 4.61. The molecular weight excluding hydrogens is 456 g/mol. The number of Topliss-reactive ketones (excluding diaryl/α,β-unsaturated/α-hetero) is 1. The molecule has 0 aromatic heterocycles. The van der Waals surface area contributed by atoms with Crippen LogP contribution in [-0.4, -0.2) is 66.6 Å². The summed E-state index contributed by atoms with van der Waals surface area (Å²) in [5.74, 6) is -1.00. The number of hydrogen-bond donors (Lipinski definition) is 0. The molecule has 2 amide bonds. The molecule has 4 aliphatic rings. The topological polar surface area (TPSA) is 59.1 Å². The zero-order valence-electron chi connectivity index (χ0n) is 18.8. The average molecular weight is 484 g/mol. The van der Waals surface area contributed by atoms with Crippen LogP contribution in [0, 0.1) is 17.2 Å². The zero-order chi connectivity index (χ0) is 24.1. The number of benzene rings is 1. The smallest absolute Gasteiger partial charge is 0.416 e. The van der Waals surface area contributed by atoms with Crippen molar-refractivity contribution in [1.29, 1.82) is 0 Å². The molecule has 2 atom stereocenters. The lowest BCUT2D eigenvalue weighted by Gasteiger charge is -2.52. The Hall–Kier alpha value is -2.36. The van der Waals surface area contributed by atoms with E-state index in [2.05, 4.69) is 0 Å². The number of hydrogen-bond acceptors (Lipinski definition) is 4. The molecule has 3 heterocycles. The number of alkyl halides is 3. The summed E-state index contributed by atoms with van der Waals surface area (Å²) in [4.78, 5) is 28.5. The molecule has 0 unspecified atom stereocenters. The minimum atomic E-state index is -4.59. The van der Waals surface area contributed by atoms with E-state index in [9.17, 15) is 27.2 Å². The van der Waals surface area contributed by atoms with E-state index < -0.39 is 17.6 Å². The Labute approximate surface area is 195 Å². The summed E-state index contributed by atoms with van der Waals surface area (Å²) in [5.41, 5.74) is -1.01. The summed E-state index contributed by atoms with van der Waals surface area (Å²) < 4.78 is 63.5. The van der Waals surface area contributed by atoms with Gasteiger partial charge in [-0.2, -0.15) is 13.2 Å². The predicted molar refractivity (Wildman–Crippen MR) is 113 cm³/mol. The molecule has 1 saturated carbocycles. The van der Waals surface area contributed by atoms with Crippen molar-refractivity contribution in [1.82, 2.24) is 9.80 Å². The van der Waals surface area contributed by atoms with E-state index in [-0.39, 0.29) is 47.7 Å². The van der Waals surface area contributed by atoms with Crippen LogP contribution in [0.2, 0.25) is 0 Å². The minimum absolute atomic E-state index is 0.00488. The van der Waals surface area contributed by atoms with Gasteiger partial charge >= 0.3 is 12.2 Å². The van der Waals surface area contributed by atoms with Crippen molar-refractivity contribution in [2.45, 2.75) is 56.9 Å². The van der Waals surface area contributed by atoms with E-state index in [0.29, 0.717) is 51.5 Å². The second-order valence-electron chi connectivity index (χ2n) is 10.1. The van der Waals surface area contributed by atoms with Gasteiger partial charge in [-0.15, -0.1) is 0 Å². The molecule has 0 radical (unpaired) electrons. The average Bonchev–Trinajstić information content (AvgIpc) is 2.78. The first-order chi connectivity index (χ1) is 16.1. The van der Waals surface area contributed by atoms with Crippen LogP contribution in [0.5, 0.6) is 5.75 Å². The van der Waals surface area contributed by atoms with Gasteiger partial charge in [0.05, 0.1) is 17.8 Å². The number of rotatable bonds is 2. The molecular formula is C24H28F4N2O4. The monoisotopic (exact) mass is 484 g/mol. The summed E-state index contributed by atoms with van der Waals surface area (Å²) in [6, 6.07) is 2.34. The largest absolute Gasteiger partial charge is 0.487 e. The summed E-state index contributed by atoms with van der Waals surface area (Å²) in [5, 5.41) is 0. The molecule has 1 aromatic rings. The molecule has 4 fully saturated rings. The molecule has 0 N–H and O–H groups in total. The maximum atomic E-state index is 14.1. The Bertz CT molecular complexity index is 953. The maximum Gasteiger partial charge on any atom is 0.416 e. The standard InChI is InChI=1S/C24H28F4N2O4/c25-19-10-16(24(26,27)28)1-2-21(19)34-18-11-23(12-18)4-7-29(8-5-23)22(32)30-6-3-20-15(13-30)9-17(31)14-33-20/h1-2,10,15,18,20H,3-9,11-14H2/t15-,20-/m0/s1. The third-order valence-electron chi connectivity index (χ3n) is 7.85. The number of halogens is 4. The highest BCUT2D eigenvalue weighted by Crippen LogP contribution is 2.50.